The minimum absolute atomic E-state index is 0. The Balaban J connectivity index is 0.000000980. The highest BCUT2D eigenvalue weighted by Gasteiger charge is 2.24. The van der Waals surface area contributed by atoms with Crippen LogP contribution in [0, 0.1) is 5.82 Å². The van der Waals surface area contributed by atoms with E-state index in [4.69, 9.17) is 5.73 Å². The Morgan fingerprint density at radius 1 is 1.43 bits per heavy atom. The summed E-state index contributed by atoms with van der Waals surface area (Å²) in [6.45, 7) is 0. The molecule has 0 spiro atoms. The predicted molar refractivity (Wildman–Crippen MR) is 54.9 cm³/mol. The van der Waals surface area contributed by atoms with E-state index >= 15 is 0 Å². The average Bonchev–Trinajstić information content (AvgIpc) is 2.12. The number of hydrogen-bond acceptors (Lipinski definition) is 2. The van der Waals surface area contributed by atoms with E-state index in [0.29, 0.717) is 5.56 Å². The molecule has 0 fully saturated rings. The van der Waals surface area contributed by atoms with Crippen LogP contribution in [-0.2, 0) is 6.42 Å². The summed E-state index contributed by atoms with van der Waals surface area (Å²) < 4.78 is 12.8. The molecular formula is C10H13ClFNO. The Bertz CT molecular complexity index is 332. The molecule has 4 heteroatoms. The molecule has 0 saturated carbocycles. The first-order valence-electron chi connectivity index (χ1n) is 4.40. The number of aryl methyl sites for hydroxylation is 1. The van der Waals surface area contributed by atoms with E-state index in [-0.39, 0.29) is 24.3 Å². The monoisotopic (exact) mass is 217 g/mol. The molecule has 1 aliphatic rings. The zero-order valence-corrected chi connectivity index (χ0v) is 8.43. The van der Waals surface area contributed by atoms with Crippen molar-refractivity contribution in [2.75, 3.05) is 0 Å². The lowest BCUT2D eigenvalue weighted by atomic mass is 9.86. The van der Waals surface area contributed by atoms with Crippen molar-refractivity contribution < 1.29 is 9.50 Å². The standard InChI is InChI=1S/C10H12FNO.ClH/c11-7-3-1-6-2-4-9(12)10(13)8(6)5-7;/h1,3,5,9-10,13H,2,4,12H2;1H. The van der Waals surface area contributed by atoms with Crippen molar-refractivity contribution in [3.8, 4) is 0 Å². The quantitative estimate of drug-likeness (QED) is 0.693. The zero-order chi connectivity index (χ0) is 9.42. The third-order valence-electron chi connectivity index (χ3n) is 2.58. The van der Waals surface area contributed by atoms with Crippen LogP contribution in [0.25, 0.3) is 0 Å². The van der Waals surface area contributed by atoms with Gasteiger partial charge in [-0.1, -0.05) is 6.07 Å². The second-order valence-corrected chi connectivity index (χ2v) is 3.49. The van der Waals surface area contributed by atoms with Gasteiger partial charge >= 0.3 is 0 Å². The third kappa shape index (κ3) is 1.90. The number of benzene rings is 1. The summed E-state index contributed by atoms with van der Waals surface area (Å²) in [5, 5.41) is 9.66. The van der Waals surface area contributed by atoms with Crippen molar-refractivity contribution in [2.45, 2.75) is 25.0 Å². The van der Waals surface area contributed by atoms with Gasteiger partial charge in [0.2, 0.25) is 0 Å². The molecule has 2 nitrogen and oxygen atoms in total. The molecule has 14 heavy (non-hydrogen) atoms. The highest BCUT2D eigenvalue weighted by Crippen LogP contribution is 2.29. The third-order valence-corrected chi connectivity index (χ3v) is 2.58. The molecule has 0 amide bonds. The SMILES string of the molecule is Cl.NC1CCc2ccc(F)cc2C1O. The van der Waals surface area contributed by atoms with Gasteiger partial charge in [-0.2, -0.15) is 0 Å². The van der Waals surface area contributed by atoms with E-state index in [1.165, 1.54) is 12.1 Å². The maximum Gasteiger partial charge on any atom is 0.123 e. The van der Waals surface area contributed by atoms with Gasteiger partial charge in [0, 0.05) is 6.04 Å². The van der Waals surface area contributed by atoms with Gasteiger partial charge in [-0.05, 0) is 36.1 Å². The van der Waals surface area contributed by atoms with Crippen LogP contribution in [0.5, 0.6) is 0 Å². The van der Waals surface area contributed by atoms with E-state index < -0.39 is 6.10 Å². The number of nitrogens with two attached hydrogens (primary N) is 1. The van der Waals surface area contributed by atoms with Crippen LogP contribution in [0.4, 0.5) is 4.39 Å². The molecule has 3 N–H and O–H groups in total. The number of aliphatic hydroxyl groups excluding tert-OH is 1. The molecule has 2 unspecified atom stereocenters. The summed E-state index contributed by atoms with van der Waals surface area (Å²) in [6.07, 6.45) is 0.882. The maximum absolute atomic E-state index is 12.8. The molecule has 0 saturated heterocycles. The molecule has 2 atom stereocenters. The lowest BCUT2D eigenvalue weighted by Gasteiger charge is -2.27. The number of fused-ring (bicyclic) bond motifs is 1. The molecule has 1 aliphatic carbocycles. The molecule has 2 rings (SSSR count). The first kappa shape index (κ1) is 11.4. The van der Waals surface area contributed by atoms with Crippen molar-refractivity contribution in [2.24, 2.45) is 5.73 Å². The summed E-state index contributed by atoms with van der Waals surface area (Å²) in [7, 11) is 0. The number of hydrogen-bond donors (Lipinski definition) is 2. The van der Waals surface area contributed by atoms with Gasteiger partial charge in [0.1, 0.15) is 5.82 Å². The van der Waals surface area contributed by atoms with Crippen LogP contribution >= 0.6 is 12.4 Å². The molecule has 0 aromatic heterocycles. The largest absolute Gasteiger partial charge is 0.387 e. The second-order valence-electron chi connectivity index (χ2n) is 3.49. The number of aliphatic hydroxyl groups is 1. The fourth-order valence-electron chi connectivity index (χ4n) is 1.78. The Morgan fingerprint density at radius 2 is 2.14 bits per heavy atom. The maximum atomic E-state index is 12.8. The summed E-state index contributed by atoms with van der Waals surface area (Å²) in [4.78, 5) is 0. The van der Waals surface area contributed by atoms with E-state index in [2.05, 4.69) is 0 Å². The molecule has 78 valence electrons. The predicted octanol–water partition coefficient (Wildman–Crippen LogP) is 1.55. The van der Waals surface area contributed by atoms with Crippen LogP contribution in [0.3, 0.4) is 0 Å². The van der Waals surface area contributed by atoms with Gasteiger partial charge in [-0.3, -0.25) is 0 Å². The fourth-order valence-corrected chi connectivity index (χ4v) is 1.78. The highest BCUT2D eigenvalue weighted by molar-refractivity contribution is 5.85. The van der Waals surface area contributed by atoms with E-state index in [1.807, 2.05) is 0 Å². The van der Waals surface area contributed by atoms with Crippen LogP contribution in [-0.4, -0.2) is 11.1 Å². The van der Waals surface area contributed by atoms with Crippen LogP contribution in [0.2, 0.25) is 0 Å². The fraction of sp³-hybridized carbons (Fsp3) is 0.400. The van der Waals surface area contributed by atoms with Crippen LogP contribution < -0.4 is 5.73 Å². The van der Waals surface area contributed by atoms with Gasteiger partial charge in [-0.15, -0.1) is 12.4 Å². The van der Waals surface area contributed by atoms with E-state index in [1.54, 1.807) is 6.07 Å². The molecule has 0 bridgehead atoms. The lowest BCUT2D eigenvalue weighted by Crippen LogP contribution is -2.33. The Kier molecular flexibility index (Phi) is 3.48. The summed E-state index contributed by atoms with van der Waals surface area (Å²) in [5.74, 6) is -0.313. The molecule has 0 radical (unpaired) electrons. The average molecular weight is 218 g/mol. The van der Waals surface area contributed by atoms with E-state index in [9.17, 15) is 9.50 Å². The summed E-state index contributed by atoms with van der Waals surface area (Å²) in [5.41, 5.74) is 7.33. The smallest absolute Gasteiger partial charge is 0.123 e. The van der Waals surface area contributed by atoms with Crippen molar-refractivity contribution >= 4 is 12.4 Å². The number of rotatable bonds is 0. The van der Waals surface area contributed by atoms with Crippen molar-refractivity contribution in [1.29, 1.82) is 0 Å². The van der Waals surface area contributed by atoms with Gasteiger partial charge in [0.05, 0.1) is 6.10 Å². The molecule has 1 aromatic carbocycles. The van der Waals surface area contributed by atoms with Crippen molar-refractivity contribution in [3.05, 3.63) is 35.1 Å². The summed E-state index contributed by atoms with van der Waals surface area (Å²) in [6, 6.07) is 4.26. The van der Waals surface area contributed by atoms with Crippen LogP contribution in [0.1, 0.15) is 23.7 Å². The van der Waals surface area contributed by atoms with Gasteiger partial charge < -0.3 is 10.8 Å². The van der Waals surface area contributed by atoms with Crippen molar-refractivity contribution in [3.63, 3.8) is 0 Å². The van der Waals surface area contributed by atoms with Gasteiger partial charge in [0.25, 0.3) is 0 Å². The molecule has 1 aromatic rings. The first-order valence-corrected chi connectivity index (χ1v) is 4.40. The minimum Gasteiger partial charge on any atom is -0.387 e. The Hall–Kier alpha value is -0.640. The van der Waals surface area contributed by atoms with E-state index in [0.717, 1.165) is 18.4 Å². The number of halogens is 2. The second kappa shape index (κ2) is 4.26. The van der Waals surface area contributed by atoms with Gasteiger partial charge in [-0.25, -0.2) is 4.39 Å². The topological polar surface area (TPSA) is 46.2 Å². The normalized spacial score (nSPS) is 25.1. The minimum atomic E-state index is -0.709. The zero-order valence-electron chi connectivity index (χ0n) is 7.61. The first-order chi connectivity index (χ1) is 6.18. The van der Waals surface area contributed by atoms with Crippen LogP contribution in [0.15, 0.2) is 18.2 Å². The van der Waals surface area contributed by atoms with Crippen molar-refractivity contribution in [1.82, 2.24) is 0 Å². The Labute approximate surface area is 88.3 Å². The highest BCUT2D eigenvalue weighted by atomic mass is 35.5. The van der Waals surface area contributed by atoms with Gasteiger partial charge in [0.15, 0.2) is 0 Å². The summed E-state index contributed by atoms with van der Waals surface area (Å²) >= 11 is 0. The Morgan fingerprint density at radius 3 is 2.86 bits per heavy atom. The molecular weight excluding hydrogens is 205 g/mol. The lowest BCUT2D eigenvalue weighted by molar-refractivity contribution is 0.133. The molecule has 0 aliphatic heterocycles. The molecule has 0 heterocycles.